The zero-order valence-electron chi connectivity index (χ0n) is 11.4. The van der Waals surface area contributed by atoms with Crippen LogP contribution in [0.5, 0.6) is 5.75 Å². The second-order valence-electron chi connectivity index (χ2n) is 4.26. The minimum atomic E-state index is 0.0321. The number of hydrogen-bond donors (Lipinski definition) is 1. The first-order valence-electron chi connectivity index (χ1n) is 6.22. The maximum absolute atomic E-state index is 6.02. The Kier molecular flexibility index (Phi) is 4.45. The molecule has 0 fully saturated rings. The van der Waals surface area contributed by atoms with Gasteiger partial charge in [-0.1, -0.05) is 24.6 Å². The monoisotopic (exact) mass is 279 g/mol. The van der Waals surface area contributed by atoms with E-state index in [-0.39, 0.29) is 6.04 Å². The van der Waals surface area contributed by atoms with E-state index in [4.69, 9.17) is 16.3 Å². The van der Waals surface area contributed by atoms with Crippen molar-refractivity contribution in [2.24, 2.45) is 7.05 Å². The molecule has 0 saturated carbocycles. The number of ether oxygens (including phenoxy) is 1. The molecule has 1 atom stereocenters. The van der Waals surface area contributed by atoms with Gasteiger partial charge in [-0.05, 0) is 24.7 Å². The maximum Gasteiger partial charge on any atom is 0.125 e. The molecule has 1 N–H and O–H groups in total. The predicted molar refractivity (Wildman–Crippen MR) is 76.7 cm³/mol. The van der Waals surface area contributed by atoms with Crippen molar-refractivity contribution in [2.45, 2.75) is 13.0 Å². The van der Waals surface area contributed by atoms with Crippen LogP contribution in [-0.2, 0) is 7.05 Å². The summed E-state index contributed by atoms with van der Waals surface area (Å²) in [5.74, 6) is 0.777. The van der Waals surface area contributed by atoms with Gasteiger partial charge in [-0.2, -0.15) is 5.10 Å². The first kappa shape index (κ1) is 13.9. The summed E-state index contributed by atoms with van der Waals surface area (Å²) >= 11 is 6.02. The van der Waals surface area contributed by atoms with E-state index in [1.165, 1.54) is 0 Å². The lowest BCUT2D eigenvalue weighted by Crippen LogP contribution is -2.24. The van der Waals surface area contributed by atoms with Gasteiger partial charge in [0.05, 0.1) is 18.8 Å². The van der Waals surface area contributed by atoms with Crippen LogP contribution < -0.4 is 10.1 Å². The van der Waals surface area contributed by atoms with Gasteiger partial charge in [0, 0.05) is 23.8 Å². The fourth-order valence-electron chi connectivity index (χ4n) is 2.17. The van der Waals surface area contributed by atoms with E-state index >= 15 is 0 Å². The Balaban J connectivity index is 2.48. The summed E-state index contributed by atoms with van der Waals surface area (Å²) in [6, 6.07) is 7.73. The molecule has 1 unspecified atom stereocenters. The second kappa shape index (κ2) is 6.08. The second-order valence-corrected chi connectivity index (χ2v) is 4.69. The van der Waals surface area contributed by atoms with Gasteiger partial charge in [-0.3, -0.25) is 4.68 Å². The van der Waals surface area contributed by atoms with Gasteiger partial charge in [-0.25, -0.2) is 0 Å². The van der Waals surface area contributed by atoms with Crippen LogP contribution in [0.4, 0.5) is 0 Å². The van der Waals surface area contributed by atoms with Crippen molar-refractivity contribution < 1.29 is 4.74 Å². The highest BCUT2D eigenvalue weighted by molar-refractivity contribution is 6.30. The van der Waals surface area contributed by atoms with Gasteiger partial charge in [-0.15, -0.1) is 0 Å². The molecule has 0 amide bonds. The van der Waals surface area contributed by atoms with Crippen LogP contribution in [-0.4, -0.2) is 23.4 Å². The lowest BCUT2D eigenvalue weighted by Gasteiger charge is -2.21. The summed E-state index contributed by atoms with van der Waals surface area (Å²) in [7, 11) is 3.59. The van der Waals surface area contributed by atoms with Crippen LogP contribution in [0.1, 0.15) is 24.2 Å². The summed E-state index contributed by atoms with van der Waals surface area (Å²) in [5, 5.41) is 8.35. The molecule has 19 heavy (non-hydrogen) atoms. The SMILES string of the molecule is CCNC(c1ccc(Cl)cc1OC)c1ccnn1C. The van der Waals surface area contributed by atoms with Gasteiger partial charge in [0.1, 0.15) is 5.75 Å². The smallest absolute Gasteiger partial charge is 0.125 e. The number of aryl methyl sites for hydroxylation is 1. The number of methoxy groups -OCH3 is 1. The van der Waals surface area contributed by atoms with E-state index in [2.05, 4.69) is 17.3 Å². The third kappa shape index (κ3) is 2.91. The Morgan fingerprint density at radius 2 is 2.21 bits per heavy atom. The molecular weight excluding hydrogens is 262 g/mol. The fourth-order valence-corrected chi connectivity index (χ4v) is 2.33. The zero-order valence-corrected chi connectivity index (χ0v) is 12.1. The van der Waals surface area contributed by atoms with E-state index in [0.29, 0.717) is 5.02 Å². The molecular formula is C14H18ClN3O. The molecule has 2 aromatic rings. The highest BCUT2D eigenvalue weighted by Crippen LogP contribution is 2.31. The lowest BCUT2D eigenvalue weighted by molar-refractivity contribution is 0.403. The molecule has 0 saturated heterocycles. The number of aromatic nitrogens is 2. The average molecular weight is 280 g/mol. The van der Waals surface area contributed by atoms with Crippen LogP contribution in [0.25, 0.3) is 0 Å². The van der Waals surface area contributed by atoms with Crippen molar-refractivity contribution in [3.8, 4) is 5.75 Å². The highest BCUT2D eigenvalue weighted by Gasteiger charge is 2.20. The molecule has 1 aromatic carbocycles. The zero-order chi connectivity index (χ0) is 13.8. The number of hydrogen-bond acceptors (Lipinski definition) is 3. The van der Waals surface area contributed by atoms with Gasteiger partial charge in [0.25, 0.3) is 0 Å². The van der Waals surface area contributed by atoms with Crippen molar-refractivity contribution in [1.29, 1.82) is 0 Å². The summed E-state index contributed by atoms with van der Waals surface area (Å²) < 4.78 is 7.30. The van der Waals surface area contributed by atoms with Crippen LogP contribution in [0.15, 0.2) is 30.5 Å². The topological polar surface area (TPSA) is 39.1 Å². The van der Waals surface area contributed by atoms with Gasteiger partial charge >= 0.3 is 0 Å². The number of nitrogens with one attached hydrogen (secondary N) is 1. The quantitative estimate of drug-likeness (QED) is 0.915. The predicted octanol–water partition coefficient (Wildman–Crippen LogP) is 2.78. The lowest BCUT2D eigenvalue weighted by atomic mass is 10.0. The Morgan fingerprint density at radius 3 is 2.79 bits per heavy atom. The summed E-state index contributed by atoms with van der Waals surface area (Å²) in [6.07, 6.45) is 1.79. The Morgan fingerprint density at radius 1 is 1.42 bits per heavy atom. The van der Waals surface area contributed by atoms with Crippen molar-refractivity contribution in [3.63, 3.8) is 0 Å². The number of benzene rings is 1. The summed E-state index contributed by atoms with van der Waals surface area (Å²) in [5.41, 5.74) is 2.14. The van der Waals surface area contributed by atoms with E-state index in [1.54, 1.807) is 13.3 Å². The molecule has 0 aliphatic heterocycles. The number of nitrogens with zero attached hydrogens (tertiary/aromatic N) is 2. The molecule has 4 nitrogen and oxygen atoms in total. The maximum atomic E-state index is 6.02. The van der Waals surface area contributed by atoms with Crippen LogP contribution in [0.2, 0.25) is 5.02 Å². The molecule has 0 bridgehead atoms. The van der Waals surface area contributed by atoms with Crippen molar-refractivity contribution in [1.82, 2.24) is 15.1 Å². The fraction of sp³-hybridized carbons (Fsp3) is 0.357. The van der Waals surface area contributed by atoms with E-state index in [1.807, 2.05) is 36.0 Å². The van der Waals surface area contributed by atoms with E-state index in [0.717, 1.165) is 23.6 Å². The first-order chi connectivity index (χ1) is 9.17. The molecule has 1 aromatic heterocycles. The minimum absolute atomic E-state index is 0.0321. The molecule has 0 spiro atoms. The highest BCUT2D eigenvalue weighted by atomic mass is 35.5. The Labute approximate surface area is 118 Å². The third-order valence-corrected chi connectivity index (χ3v) is 3.30. The van der Waals surface area contributed by atoms with Gasteiger partial charge < -0.3 is 10.1 Å². The molecule has 0 radical (unpaired) electrons. The van der Waals surface area contributed by atoms with Gasteiger partial charge in [0.15, 0.2) is 0 Å². The largest absolute Gasteiger partial charge is 0.496 e. The molecule has 0 aliphatic carbocycles. The summed E-state index contributed by atoms with van der Waals surface area (Å²) in [4.78, 5) is 0. The van der Waals surface area contributed by atoms with Crippen molar-refractivity contribution >= 4 is 11.6 Å². The molecule has 1 heterocycles. The first-order valence-corrected chi connectivity index (χ1v) is 6.60. The van der Waals surface area contributed by atoms with Crippen LogP contribution >= 0.6 is 11.6 Å². The molecule has 5 heteroatoms. The third-order valence-electron chi connectivity index (χ3n) is 3.07. The average Bonchev–Trinajstić information content (AvgIpc) is 2.82. The van der Waals surface area contributed by atoms with Crippen LogP contribution in [0.3, 0.4) is 0 Å². The Hall–Kier alpha value is -1.52. The normalized spacial score (nSPS) is 12.4. The van der Waals surface area contributed by atoms with E-state index < -0.39 is 0 Å². The molecule has 0 aliphatic rings. The Bertz CT molecular complexity index is 553. The summed E-state index contributed by atoms with van der Waals surface area (Å²) in [6.45, 7) is 2.92. The standard InChI is InChI=1S/C14H18ClN3O/c1-4-16-14(12-7-8-17-18(12)2)11-6-5-10(15)9-13(11)19-3/h5-9,14,16H,4H2,1-3H3. The van der Waals surface area contributed by atoms with Crippen LogP contribution in [0, 0.1) is 0 Å². The molecule has 2 rings (SSSR count). The van der Waals surface area contributed by atoms with Crippen molar-refractivity contribution in [2.75, 3.05) is 13.7 Å². The number of rotatable bonds is 5. The molecule has 102 valence electrons. The number of halogens is 1. The minimum Gasteiger partial charge on any atom is -0.496 e. The van der Waals surface area contributed by atoms with E-state index in [9.17, 15) is 0 Å². The van der Waals surface area contributed by atoms with Gasteiger partial charge in [0.2, 0.25) is 0 Å². The van der Waals surface area contributed by atoms with Crippen molar-refractivity contribution in [3.05, 3.63) is 46.7 Å².